The van der Waals surface area contributed by atoms with E-state index >= 15 is 0 Å². The van der Waals surface area contributed by atoms with E-state index in [4.69, 9.17) is 5.73 Å². The first kappa shape index (κ1) is 12.8. The van der Waals surface area contributed by atoms with Crippen LogP contribution in [-0.4, -0.2) is 11.0 Å². The smallest absolute Gasteiger partial charge is 0.259 e. The van der Waals surface area contributed by atoms with Gasteiger partial charge in [0, 0.05) is 6.07 Å². The molecule has 4 N–H and O–H groups in total. The summed E-state index contributed by atoms with van der Waals surface area (Å²) in [5.41, 5.74) is 5.03. The van der Waals surface area contributed by atoms with Gasteiger partial charge in [0.1, 0.15) is 11.6 Å². The van der Waals surface area contributed by atoms with Crippen molar-refractivity contribution in [1.82, 2.24) is 0 Å². The molecule has 0 saturated heterocycles. The van der Waals surface area contributed by atoms with Gasteiger partial charge < -0.3 is 16.2 Å². The molecule has 0 unspecified atom stereocenters. The van der Waals surface area contributed by atoms with Crippen LogP contribution in [0.1, 0.15) is 10.4 Å². The monoisotopic (exact) mass is 264 g/mol. The normalized spacial score (nSPS) is 10.2. The topological polar surface area (TPSA) is 75.4 Å². The Balaban J connectivity index is 2.31. The Kier molecular flexibility index (Phi) is 3.33. The Morgan fingerprint density at radius 2 is 1.95 bits per heavy atom. The SMILES string of the molecule is Nc1cccc(C(=O)Nc2cc(F)ccc2F)c1O. The maximum atomic E-state index is 13.4. The first-order valence-electron chi connectivity index (χ1n) is 5.33. The Morgan fingerprint density at radius 3 is 2.68 bits per heavy atom. The van der Waals surface area contributed by atoms with Crippen LogP contribution in [0.15, 0.2) is 36.4 Å². The molecular formula is C13H10F2N2O2. The molecule has 19 heavy (non-hydrogen) atoms. The van der Waals surface area contributed by atoms with E-state index in [1.165, 1.54) is 18.2 Å². The summed E-state index contributed by atoms with van der Waals surface area (Å²) in [5, 5.41) is 11.8. The lowest BCUT2D eigenvalue weighted by Gasteiger charge is -2.09. The number of nitrogens with one attached hydrogen (secondary N) is 1. The van der Waals surface area contributed by atoms with E-state index in [-0.39, 0.29) is 16.9 Å². The highest BCUT2D eigenvalue weighted by Gasteiger charge is 2.15. The van der Waals surface area contributed by atoms with Crippen LogP contribution in [-0.2, 0) is 0 Å². The molecule has 0 saturated carbocycles. The van der Waals surface area contributed by atoms with E-state index in [9.17, 15) is 18.7 Å². The Labute approximate surface area is 107 Å². The Hall–Kier alpha value is -2.63. The predicted octanol–water partition coefficient (Wildman–Crippen LogP) is 2.50. The van der Waals surface area contributed by atoms with Crippen LogP contribution in [0, 0.1) is 11.6 Å². The highest BCUT2D eigenvalue weighted by molar-refractivity contribution is 6.07. The van der Waals surface area contributed by atoms with Gasteiger partial charge in [-0.3, -0.25) is 4.79 Å². The highest BCUT2D eigenvalue weighted by atomic mass is 19.1. The molecule has 0 bridgehead atoms. The lowest BCUT2D eigenvalue weighted by molar-refractivity contribution is 0.102. The second-order valence-electron chi connectivity index (χ2n) is 3.82. The summed E-state index contributed by atoms with van der Waals surface area (Å²) in [6.07, 6.45) is 0. The van der Waals surface area contributed by atoms with Crippen molar-refractivity contribution in [3.63, 3.8) is 0 Å². The van der Waals surface area contributed by atoms with E-state index in [1.807, 2.05) is 0 Å². The fourth-order valence-electron chi connectivity index (χ4n) is 1.53. The van der Waals surface area contributed by atoms with Crippen molar-refractivity contribution >= 4 is 17.3 Å². The van der Waals surface area contributed by atoms with E-state index in [2.05, 4.69) is 5.32 Å². The maximum absolute atomic E-state index is 13.4. The third kappa shape index (κ3) is 2.62. The minimum Gasteiger partial charge on any atom is -0.505 e. The molecule has 4 nitrogen and oxygen atoms in total. The van der Waals surface area contributed by atoms with Crippen LogP contribution in [0.3, 0.4) is 0 Å². The van der Waals surface area contributed by atoms with Gasteiger partial charge in [-0.05, 0) is 24.3 Å². The number of amides is 1. The van der Waals surface area contributed by atoms with Crippen molar-refractivity contribution in [2.45, 2.75) is 0 Å². The first-order chi connectivity index (χ1) is 8.99. The van der Waals surface area contributed by atoms with Gasteiger partial charge in [-0.25, -0.2) is 8.78 Å². The van der Waals surface area contributed by atoms with E-state index in [0.717, 1.165) is 18.2 Å². The van der Waals surface area contributed by atoms with Crippen molar-refractivity contribution in [2.24, 2.45) is 0 Å². The van der Waals surface area contributed by atoms with Crippen LogP contribution in [0.25, 0.3) is 0 Å². The average molecular weight is 264 g/mol. The molecule has 0 aromatic heterocycles. The first-order valence-corrected chi connectivity index (χ1v) is 5.33. The number of nitrogens with two attached hydrogens (primary N) is 1. The summed E-state index contributed by atoms with van der Waals surface area (Å²) in [5.74, 6) is -2.65. The number of anilines is 2. The number of carbonyl (C=O) groups excluding carboxylic acids is 1. The van der Waals surface area contributed by atoms with Crippen LogP contribution in [0.5, 0.6) is 5.75 Å². The third-order valence-corrected chi connectivity index (χ3v) is 2.49. The van der Waals surface area contributed by atoms with Gasteiger partial charge in [0.25, 0.3) is 5.91 Å². The van der Waals surface area contributed by atoms with Crippen LogP contribution < -0.4 is 11.1 Å². The van der Waals surface area contributed by atoms with Crippen molar-refractivity contribution in [2.75, 3.05) is 11.1 Å². The average Bonchev–Trinajstić information content (AvgIpc) is 2.37. The Morgan fingerprint density at radius 1 is 1.21 bits per heavy atom. The van der Waals surface area contributed by atoms with E-state index < -0.39 is 23.3 Å². The largest absolute Gasteiger partial charge is 0.505 e. The van der Waals surface area contributed by atoms with Crippen molar-refractivity contribution < 1.29 is 18.7 Å². The van der Waals surface area contributed by atoms with E-state index in [0.29, 0.717) is 0 Å². The third-order valence-electron chi connectivity index (χ3n) is 2.49. The lowest BCUT2D eigenvalue weighted by Crippen LogP contribution is -2.13. The molecule has 2 aromatic carbocycles. The van der Waals surface area contributed by atoms with Crippen LogP contribution in [0.4, 0.5) is 20.2 Å². The van der Waals surface area contributed by atoms with Gasteiger partial charge >= 0.3 is 0 Å². The molecule has 0 radical (unpaired) electrons. The predicted molar refractivity (Wildman–Crippen MR) is 66.8 cm³/mol. The molecule has 0 aliphatic carbocycles. The van der Waals surface area contributed by atoms with Gasteiger partial charge in [0.15, 0.2) is 5.75 Å². The molecule has 6 heteroatoms. The number of phenols is 1. The maximum Gasteiger partial charge on any atom is 0.259 e. The van der Waals surface area contributed by atoms with Crippen molar-refractivity contribution in [3.05, 3.63) is 53.6 Å². The zero-order valence-electron chi connectivity index (χ0n) is 9.65. The molecule has 0 spiro atoms. The molecular weight excluding hydrogens is 254 g/mol. The summed E-state index contributed by atoms with van der Waals surface area (Å²) < 4.78 is 26.3. The quantitative estimate of drug-likeness (QED) is 0.576. The van der Waals surface area contributed by atoms with E-state index in [1.54, 1.807) is 0 Å². The van der Waals surface area contributed by atoms with Crippen molar-refractivity contribution in [1.29, 1.82) is 0 Å². The second-order valence-corrected chi connectivity index (χ2v) is 3.82. The molecule has 0 aliphatic heterocycles. The number of aromatic hydroxyl groups is 1. The molecule has 0 aliphatic rings. The Bertz CT molecular complexity index is 645. The number of para-hydroxylation sites is 1. The summed E-state index contributed by atoms with van der Waals surface area (Å²) in [7, 11) is 0. The fraction of sp³-hybridized carbons (Fsp3) is 0. The van der Waals surface area contributed by atoms with Gasteiger partial charge in [0.05, 0.1) is 16.9 Å². The minimum atomic E-state index is -0.783. The number of phenolic OH excluding ortho intramolecular Hbond substituents is 1. The number of rotatable bonds is 2. The molecule has 2 aromatic rings. The van der Waals surface area contributed by atoms with Crippen molar-refractivity contribution in [3.8, 4) is 5.75 Å². The number of carbonyl (C=O) groups is 1. The summed E-state index contributed by atoms with van der Waals surface area (Å²) in [6.45, 7) is 0. The second kappa shape index (κ2) is 4.93. The summed E-state index contributed by atoms with van der Waals surface area (Å²) >= 11 is 0. The standard InChI is InChI=1S/C13H10F2N2O2/c14-7-4-5-9(15)11(6-7)17-13(19)8-2-1-3-10(16)12(8)18/h1-6,18H,16H2,(H,17,19). The van der Waals surface area contributed by atoms with Gasteiger partial charge in [-0.15, -0.1) is 0 Å². The molecule has 98 valence electrons. The fourth-order valence-corrected chi connectivity index (χ4v) is 1.53. The number of hydrogen-bond donors (Lipinski definition) is 3. The number of halogens is 2. The zero-order chi connectivity index (χ0) is 14.0. The number of benzene rings is 2. The molecule has 2 rings (SSSR count). The minimum absolute atomic E-state index is 0.0207. The summed E-state index contributed by atoms with van der Waals surface area (Å²) in [4.78, 5) is 11.8. The van der Waals surface area contributed by atoms with Crippen LogP contribution in [0.2, 0.25) is 0 Å². The number of hydrogen-bond acceptors (Lipinski definition) is 3. The van der Waals surface area contributed by atoms with Gasteiger partial charge in [-0.1, -0.05) is 6.07 Å². The molecule has 0 atom stereocenters. The lowest BCUT2D eigenvalue weighted by atomic mass is 10.1. The molecule has 0 fully saturated rings. The van der Waals surface area contributed by atoms with Crippen LogP contribution >= 0.6 is 0 Å². The molecule has 0 heterocycles. The van der Waals surface area contributed by atoms with Gasteiger partial charge in [-0.2, -0.15) is 0 Å². The van der Waals surface area contributed by atoms with Gasteiger partial charge in [0.2, 0.25) is 0 Å². The summed E-state index contributed by atoms with van der Waals surface area (Å²) in [6, 6.07) is 6.86. The highest BCUT2D eigenvalue weighted by Crippen LogP contribution is 2.25. The molecule has 1 amide bonds. The number of nitrogen functional groups attached to an aromatic ring is 1. The zero-order valence-corrected chi connectivity index (χ0v) is 9.65.